The van der Waals surface area contributed by atoms with Gasteiger partial charge in [0.15, 0.2) is 0 Å². The number of hydrogen-bond acceptors (Lipinski definition) is 3. The van der Waals surface area contributed by atoms with Crippen molar-refractivity contribution in [2.75, 3.05) is 0 Å². The summed E-state index contributed by atoms with van der Waals surface area (Å²) < 4.78 is 19.5. The Morgan fingerprint density at radius 3 is 1.95 bits per heavy atom. The number of halogens is 1. The second-order valence-electron chi connectivity index (χ2n) is 10.7. The maximum atomic E-state index is 14.7. The number of benzene rings is 3. The molecule has 0 fully saturated rings. The Balaban J connectivity index is 2.04. The summed E-state index contributed by atoms with van der Waals surface area (Å²) in [6.45, 7) is 15.1. The largest absolute Gasteiger partial charge is 0.463 e. The highest BCUT2D eigenvalue weighted by molar-refractivity contribution is 5.72. The van der Waals surface area contributed by atoms with Crippen molar-refractivity contribution < 1.29 is 19.0 Å². The Bertz CT molecular complexity index is 1310. The first-order chi connectivity index (χ1) is 18.6. The summed E-state index contributed by atoms with van der Waals surface area (Å²) >= 11 is 0. The summed E-state index contributed by atoms with van der Waals surface area (Å²) in [4.78, 5) is 10.5. The SMILES string of the molecule is CCC(O)(/C=C/c1ccc(C(CC)(CC)c2cc(C)c(-c3ccc(COC=O)c(F)c3)c(C)c2)cc1C)CC. The van der Waals surface area contributed by atoms with E-state index < -0.39 is 5.60 Å². The average Bonchev–Trinajstić information content (AvgIpc) is 2.92. The van der Waals surface area contributed by atoms with Crippen molar-refractivity contribution >= 4 is 12.5 Å². The van der Waals surface area contributed by atoms with Crippen molar-refractivity contribution in [1.82, 2.24) is 0 Å². The van der Waals surface area contributed by atoms with Crippen molar-refractivity contribution in [2.45, 2.75) is 91.8 Å². The molecule has 3 rings (SSSR count). The molecule has 0 bridgehead atoms. The lowest BCUT2D eigenvalue weighted by Gasteiger charge is -2.35. The van der Waals surface area contributed by atoms with Crippen molar-refractivity contribution in [3.63, 3.8) is 0 Å². The topological polar surface area (TPSA) is 46.5 Å². The first-order valence-corrected chi connectivity index (χ1v) is 14.1. The number of ether oxygens (including phenoxy) is 1. The van der Waals surface area contributed by atoms with Crippen LogP contribution in [0.2, 0.25) is 0 Å². The monoisotopic (exact) mass is 530 g/mol. The highest BCUT2D eigenvalue weighted by Crippen LogP contribution is 2.42. The van der Waals surface area contributed by atoms with Crippen molar-refractivity contribution in [2.24, 2.45) is 0 Å². The lowest BCUT2D eigenvalue weighted by Crippen LogP contribution is -2.26. The molecule has 4 heteroatoms. The highest BCUT2D eigenvalue weighted by Gasteiger charge is 2.32. The third-order valence-electron chi connectivity index (χ3n) is 8.56. The van der Waals surface area contributed by atoms with E-state index in [4.69, 9.17) is 4.74 Å². The van der Waals surface area contributed by atoms with Gasteiger partial charge >= 0.3 is 0 Å². The molecule has 3 nitrogen and oxygen atoms in total. The summed E-state index contributed by atoms with van der Waals surface area (Å²) in [5.41, 5.74) is 8.31. The fraction of sp³-hybridized carbons (Fsp3) is 0.400. The smallest absolute Gasteiger partial charge is 0.293 e. The van der Waals surface area contributed by atoms with E-state index in [9.17, 15) is 14.3 Å². The molecule has 0 radical (unpaired) electrons. The molecule has 0 heterocycles. The van der Waals surface area contributed by atoms with E-state index in [1.807, 2.05) is 32.1 Å². The summed E-state index contributed by atoms with van der Waals surface area (Å²) in [6, 6.07) is 16.3. The van der Waals surface area contributed by atoms with Crippen LogP contribution in [0.15, 0.2) is 54.6 Å². The van der Waals surface area contributed by atoms with Gasteiger partial charge in [0.1, 0.15) is 12.4 Å². The van der Waals surface area contributed by atoms with Crippen LogP contribution in [0.5, 0.6) is 0 Å². The van der Waals surface area contributed by atoms with Gasteiger partial charge in [-0.3, -0.25) is 4.79 Å². The summed E-state index contributed by atoms with van der Waals surface area (Å²) in [7, 11) is 0. The number of carbonyl (C=O) groups excluding carboxylic acids is 1. The van der Waals surface area contributed by atoms with Crippen molar-refractivity contribution in [1.29, 1.82) is 0 Å². The molecule has 0 atom stereocenters. The van der Waals surface area contributed by atoms with E-state index in [-0.39, 0.29) is 17.8 Å². The standard InChI is InChI=1S/C35H43FO3/c1-8-34(38,9-2)17-16-27-14-15-30(18-24(27)5)35(10-3,11-4)31-19-25(6)33(26(7)20-31)28-12-13-29(22-39-23-37)32(36)21-28/h12-21,23,38H,8-11,22H2,1-7H3/b17-16+. The quantitative estimate of drug-likeness (QED) is 0.238. The third-order valence-corrected chi connectivity index (χ3v) is 8.56. The molecular formula is C35H43FO3. The van der Waals surface area contributed by atoms with Gasteiger partial charge in [0.2, 0.25) is 0 Å². The van der Waals surface area contributed by atoms with E-state index in [0.717, 1.165) is 40.7 Å². The minimum Gasteiger partial charge on any atom is -0.463 e. The fourth-order valence-electron chi connectivity index (χ4n) is 5.76. The summed E-state index contributed by atoms with van der Waals surface area (Å²) in [5.74, 6) is -0.380. The molecule has 0 amide bonds. The Hall–Kier alpha value is -3.24. The first kappa shape index (κ1) is 30.3. The van der Waals surface area contributed by atoms with E-state index >= 15 is 0 Å². The van der Waals surface area contributed by atoms with Gasteiger partial charge in [-0.2, -0.15) is 0 Å². The molecule has 0 spiro atoms. The van der Waals surface area contributed by atoms with E-state index in [1.165, 1.54) is 22.8 Å². The van der Waals surface area contributed by atoms with Gasteiger partial charge in [-0.25, -0.2) is 4.39 Å². The zero-order valence-corrected chi connectivity index (χ0v) is 24.5. The molecule has 0 saturated heterocycles. The van der Waals surface area contributed by atoms with Gasteiger partial charge in [0.25, 0.3) is 6.47 Å². The van der Waals surface area contributed by atoms with E-state index in [1.54, 1.807) is 6.07 Å². The Morgan fingerprint density at radius 2 is 1.44 bits per heavy atom. The summed E-state index contributed by atoms with van der Waals surface area (Å²) in [5, 5.41) is 10.7. The maximum absolute atomic E-state index is 14.7. The molecule has 0 aliphatic heterocycles. The maximum Gasteiger partial charge on any atom is 0.293 e. The molecular weight excluding hydrogens is 487 g/mol. The Morgan fingerprint density at radius 1 is 0.821 bits per heavy atom. The van der Waals surface area contributed by atoms with Gasteiger partial charge in [-0.15, -0.1) is 0 Å². The molecule has 1 N–H and O–H groups in total. The average molecular weight is 531 g/mol. The van der Waals surface area contributed by atoms with Crippen LogP contribution in [0.25, 0.3) is 17.2 Å². The van der Waals surface area contributed by atoms with Gasteiger partial charge in [0.05, 0.1) is 5.60 Å². The molecule has 39 heavy (non-hydrogen) atoms. The lowest BCUT2D eigenvalue weighted by atomic mass is 9.69. The fourth-order valence-corrected chi connectivity index (χ4v) is 5.76. The minimum atomic E-state index is -0.773. The predicted octanol–water partition coefficient (Wildman–Crippen LogP) is 8.76. The Labute approximate surface area is 233 Å². The predicted molar refractivity (Wildman–Crippen MR) is 159 cm³/mol. The lowest BCUT2D eigenvalue weighted by molar-refractivity contribution is -0.129. The first-order valence-electron chi connectivity index (χ1n) is 14.1. The second kappa shape index (κ2) is 12.7. The van der Waals surface area contributed by atoms with Crippen LogP contribution in [-0.4, -0.2) is 17.2 Å². The zero-order chi connectivity index (χ0) is 28.8. The molecule has 208 valence electrons. The van der Waals surface area contributed by atoms with Gasteiger partial charge in [-0.1, -0.05) is 82.3 Å². The van der Waals surface area contributed by atoms with Crippen molar-refractivity contribution in [3.05, 3.63) is 99.4 Å². The number of rotatable bonds is 12. The molecule has 0 saturated carbocycles. The van der Waals surface area contributed by atoms with E-state index in [0.29, 0.717) is 24.9 Å². The van der Waals surface area contributed by atoms with Crippen LogP contribution < -0.4 is 0 Å². The van der Waals surface area contributed by atoms with Crippen LogP contribution in [0.4, 0.5) is 4.39 Å². The number of hydrogen-bond donors (Lipinski definition) is 1. The van der Waals surface area contributed by atoms with Crippen LogP contribution in [0.3, 0.4) is 0 Å². The highest BCUT2D eigenvalue weighted by atomic mass is 19.1. The van der Waals surface area contributed by atoms with Crippen LogP contribution in [0, 0.1) is 26.6 Å². The molecule has 0 unspecified atom stereocenters. The summed E-state index contributed by atoms with van der Waals surface area (Å²) in [6.07, 6.45) is 7.24. The van der Waals surface area contributed by atoms with E-state index in [2.05, 4.69) is 65.0 Å². The second-order valence-corrected chi connectivity index (χ2v) is 10.7. The van der Waals surface area contributed by atoms with Crippen molar-refractivity contribution in [3.8, 4) is 11.1 Å². The molecule has 0 aliphatic carbocycles. The Kier molecular flexibility index (Phi) is 9.90. The number of carbonyl (C=O) groups is 1. The van der Waals surface area contributed by atoms with Crippen LogP contribution in [-0.2, 0) is 21.6 Å². The van der Waals surface area contributed by atoms with Crippen LogP contribution in [0.1, 0.15) is 92.3 Å². The zero-order valence-electron chi connectivity index (χ0n) is 24.5. The van der Waals surface area contributed by atoms with Gasteiger partial charge < -0.3 is 9.84 Å². The van der Waals surface area contributed by atoms with Gasteiger partial charge in [0, 0.05) is 11.0 Å². The number of aryl methyl sites for hydroxylation is 3. The molecule has 3 aromatic rings. The molecule has 3 aromatic carbocycles. The number of aliphatic hydroxyl groups is 1. The van der Waals surface area contributed by atoms with Gasteiger partial charge in [-0.05, 0) is 97.0 Å². The van der Waals surface area contributed by atoms with Crippen LogP contribution >= 0.6 is 0 Å². The molecule has 0 aliphatic rings. The molecule has 0 aromatic heterocycles. The minimum absolute atomic E-state index is 0.0753. The normalized spacial score (nSPS) is 12.2. The third kappa shape index (κ3) is 6.33.